The number of hydrogen-bond acceptors (Lipinski definition) is 8. The van der Waals surface area contributed by atoms with E-state index in [4.69, 9.17) is 8.92 Å². The van der Waals surface area contributed by atoms with Gasteiger partial charge in [0, 0.05) is 26.0 Å². The molecule has 0 saturated carbocycles. The highest BCUT2D eigenvalue weighted by Crippen LogP contribution is 2.45. The Morgan fingerprint density at radius 3 is 2.23 bits per heavy atom. The van der Waals surface area contributed by atoms with Crippen molar-refractivity contribution in [3.8, 4) is 0 Å². The van der Waals surface area contributed by atoms with Gasteiger partial charge in [-0.1, -0.05) is 12.1 Å². The molecule has 9 heteroatoms. The Bertz CT molecular complexity index is 812. The lowest BCUT2D eigenvalue weighted by Gasteiger charge is -2.37. The van der Waals surface area contributed by atoms with E-state index in [0.717, 1.165) is 35.7 Å². The van der Waals surface area contributed by atoms with Crippen molar-refractivity contribution in [3.63, 3.8) is 0 Å². The Labute approximate surface area is 153 Å². The lowest BCUT2D eigenvalue weighted by Crippen LogP contribution is -2.33. The van der Waals surface area contributed by atoms with E-state index in [1.54, 1.807) is 19.5 Å². The van der Waals surface area contributed by atoms with Gasteiger partial charge in [0.2, 0.25) is 0 Å². The van der Waals surface area contributed by atoms with E-state index in [0.29, 0.717) is 19.7 Å². The summed E-state index contributed by atoms with van der Waals surface area (Å²) >= 11 is 0. The first-order valence-corrected chi connectivity index (χ1v) is 10.1. The summed E-state index contributed by atoms with van der Waals surface area (Å²) in [5.41, 5.74) is 2.01. The minimum absolute atomic E-state index is 0.178. The lowest BCUT2D eigenvalue weighted by atomic mass is 10.1. The van der Waals surface area contributed by atoms with Crippen LogP contribution in [0.15, 0.2) is 36.7 Å². The second-order valence-corrected chi connectivity index (χ2v) is 7.57. The Kier molecular flexibility index (Phi) is 5.70. The molecule has 1 aliphatic heterocycles. The van der Waals surface area contributed by atoms with Gasteiger partial charge in [-0.25, -0.2) is 9.97 Å². The summed E-state index contributed by atoms with van der Waals surface area (Å²) in [7, 11) is -1.75. The van der Waals surface area contributed by atoms with E-state index in [1.165, 1.54) is 0 Å². The van der Waals surface area contributed by atoms with Gasteiger partial charge in [-0.15, -0.1) is 0 Å². The van der Waals surface area contributed by atoms with E-state index in [1.807, 2.05) is 29.2 Å². The first-order chi connectivity index (χ1) is 12.5. The first kappa shape index (κ1) is 18.6. The molecule has 0 fully saturated rings. The third kappa shape index (κ3) is 4.12. The summed E-state index contributed by atoms with van der Waals surface area (Å²) < 4.78 is 32.3. The molecule has 8 nitrogen and oxygen atoms in total. The molecule has 0 amide bonds. The van der Waals surface area contributed by atoms with Crippen molar-refractivity contribution in [1.29, 1.82) is 0 Å². The number of methoxy groups -OCH3 is 1. The minimum Gasteiger partial charge on any atom is -0.364 e. The number of ether oxygens (including phenoxy) is 1. The minimum atomic E-state index is -3.40. The molecule has 1 aliphatic rings. The third-order valence-electron chi connectivity index (χ3n) is 3.97. The molecular formula is C17H22N4O4S. The average Bonchev–Trinajstić information content (AvgIpc) is 2.62. The van der Waals surface area contributed by atoms with E-state index < -0.39 is 10.1 Å². The maximum atomic E-state index is 11.1. The number of para-hydroxylation sites is 2. The lowest BCUT2D eigenvalue weighted by molar-refractivity contribution is 0.205. The Balaban J connectivity index is 1.81. The molecule has 0 saturated heterocycles. The molecule has 2 aromatic rings. The number of benzene rings is 1. The highest BCUT2D eigenvalue weighted by Gasteiger charge is 2.29. The Morgan fingerprint density at radius 1 is 1.00 bits per heavy atom. The number of unbranched alkanes of at least 4 members (excludes halogenated alkanes) is 1. The summed E-state index contributed by atoms with van der Waals surface area (Å²) in [5, 5.41) is 0. The van der Waals surface area contributed by atoms with Crippen molar-refractivity contribution in [2.75, 3.05) is 43.0 Å². The van der Waals surface area contributed by atoms with Crippen LogP contribution in [0.4, 0.5) is 23.0 Å². The SMILES string of the molecule is COCN1c2ccccc2N(CCCCOS(C)(=O)=O)c2nccnc21. The summed E-state index contributed by atoms with van der Waals surface area (Å²) in [6.07, 6.45) is 5.77. The number of hydrogen-bond donors (Lipinski definition) is 0. The summed E-state index contributed by atoms with van der Waals surface area (Å²) in [6, 6.07) is 8.00. The number of nitrogens with zero attached hydrogens (tertiary/aromatic N) is 4. The van der Waals surface area contributed by atoms with Gasteiger partial charge in [0.25, 0.3) is 10.1 Å². The molecule has 26 heavy (non-hydrogen) atoms. The number of anilines is 4. The third-order valence-corrected chi connectivity index (χ3v) is 4.56. The zero-order valence-electron chi connectivity index (χ0n) is 14.8. The smallest absolute Gasteiger partial charge is 0.264 e. The van der Waals surface area contributed by atoms with Gasteiger partial charge in [-0.3, -0.25) is 9.08 Å². The van der Waals surface area contributed by atoms with E-state index >= 15 is 0 Å². The molecular weight excluding hydrogens is 356 g/mol. The zero-order valence-corrected chi connectivity index (χ0v) is 15.6. The molecule has 0 spiro atoms. The normalized spacial score (nSPS) is 13.5. The fourth-order valence-corrected chi connectivity index (χ4v) is 3.34. The maximum absolute atomic E-state index is 11.1. The maximum Gasteiger partial charge on any atom is 0.264 e. The van der Waals surface area contributed by atoms with Gasteiger partial charge < -0.3 is 9.64 Å². The molecule has 3 rings (SSSR count). The Hall–Kier alpha value is -2.23. The van der Waals surface area contributed by atoms with Gasteiger partial charge in [0.15, 0.2) is 11.6 Å². The standard InChI is InChI=1S/C17H22N4O4S/c1-24-13-21-15-8-4-3-7-14(15)20(16-17(21)19-10-9-18-16)11-5-6-12-25-26(2,22)23/h3-4,7-10H,5-6,11-13H2,1-2H3. The molecule has 0 N–H and O–H groups in total. The molecule has 0 bridgehead atoms. The van der Waals surface area contributed by atoms with Crippen molar-refractivity contribution < 1.29 is 17.3 Å². The summed E-state index contributed by atoms with van der Waals surface area (Å²) in [4.78, 5) is 13.1. The summed E-state index contributed by atoms with van der Waals surface area (Å²) in [5.74, 6) is 1.49. The van der Waals surface area contributed by atoms with Gasteiger partial charge in [0.05, 0.1) is 24.2 Å². The molecule has 0 radical (unpaired) electrons. The van der Waals surface area contributed by atoms with Crippen molar-refractivity contribution in [2.24, 2.45) is 0 Å². The van der Waals surface area contributed by atoms with Gasteiger partial charge in [0.1, 0.15) is 6.73 Å². The molecule has 140 valence electrons. The molecule has 2 heterocycles. The predicted octanol–water partition coefficient (Wildman–Crippen LogP) is 2.43. The predicted molar refractivity (Wildman–Crippen MR) is 99.5 cm³/mol. The highest BCUT2D eigenvalue weighted by molar-refractivity contribution is 7.85. The van der Waals surface area contributed by atoms with Crippen LogP contribution in [0.25, 0.3) is 0 Å². The van der Waals surface area contributed by atoms with Gasteiger partial charge in [-0.2, -0.15) is 8.42 Å². The van der Waals surface area contributed by atoms with Crippen LogP contribution in [0, 0.1) is 0 Å². The van der Waals surface area contributed by atoms with Crippen molar-refractivity contribution in [3.05, 3.63) is 36.7 Å². The van der Waals surface area contributed by atoms with Crippen LogP contribution in [0.1, 0.15) is 12.8 Å². The first-order valence-electron chi connectivity index (χ1n) is 8.30. The van der Waals surface area contributed by atoms with Crippen molar-refractivity contribution >= 4 is 33.1 Å². The van der Waals surface area contributed by atoms with E-state index in [9.17, 15) is 8.42 Å². The number of rotatable bonds is 8. The summed E-state index contributed by atoms with van der Waals surface area (Å²) in [6.45, 7) is 1.23. The number of aromatic nitrogens is 2. The van der Waals surface area contributed by atoms with Crippen LogP contribution in [-0.4, -0.2) is 51.6 Å². The van der Waals surface area contributed by atoms with E-state index in [2.05, 4.69) is 14.9 Å². The second kappa shape index (κ2) is 7.98. The van der Waals surface area contributed by atoms with E-state index in [-0.39, 0.29) is 6.61 Å². The quantitative estimate of drug-likeness (QED) is 0.511. The highest BCUT2D eigenvalue weighted by atomic mass is 32.2. The topological polar surface area (TPSA) is 84.9 Å². The molecule has 0 aliphatic carbocycles. The van der Waals surface area contributed by atoms with Crippen LogP contribution in [0.2, 0.25) is 0 Å². The molecule has 1 aromatic carbocycles. The van der Waals surface area contributed by atoms with Crippen molar-refractivity contribution in [2.45, 2.75) is 12.8 Å². The molecule has 0 atom stereocenters. The van der Waals surface area contributed by atoms with Crippen molar-refractivity contribution in [1.82, 2.24) is 9.97 Å². The monoisotopic (exact) mass is 378 g/mol. The average molecular weight is 378 g/mol. The fraction of sp³-hybridized carbons (Fsp3) is 0.412. The zero-order chi connectivity index (χ0) is 18.6. The molecule has 1 aromatic heterocycles. The van der Waals surface area contributed by atoms with Crippen LogP contribution in [-0.2, 0) is 19.0 Å². The largest absolute Gasteiger partial charge is 0.364 e. The van der Waals surface area contributed by atoms with Crippen LogP contribution in [0.3, 0.4) is 0 Å². The second-order valence-electron chi connectivity index (χ2n) is 5.92. The Morgan fingerprint density at radius 2 is 1.62 bits per heavy atom. The fourth-order valence-electron chi connectivity index (χ4n) is 2.92. The van der Waals surface area contributed by atoms with Gasteiger partial charge >= 0.3 is 0 Å². The van der Waals surface area contributed by atoms with Crippen LogP contribution >= 0.6 is 0 Å². The number of fused-ring (bicyclic) bond motifs is 2. The van der Waals surface area contributed by atoms with Crippen LogP contribution < -0.4 is 9.80 Å². The van der Waals surface area contributed by atoms with Crippen LogP contribution in [0.5, 0.6) is 0 Å². The van der Waals surface area contributed by atoms with Gasteiger partial charge in [-0.05, 0) is 25.0 Å². The molecule has 0 unspecified atom stereocenters.